The van der Waals surface area contributed by atoms with Crippen LogP contribution in [0.3, 0.4) is 0 Å². The predicted molar refractivity (Wildman–Crippen MR) is 129 cm³/mol. The van der Waals surface area contributed by atoms with Crippen LogP contribution in [0.2, 0.25) is 0 Å². The lowest BCUT2D eigenvalue weighted by Gasteiger charge is -2.29. The van der Waals surface area contributed by atoms with Crippen LogP contribution in [0.5, 0.6) is 0 Å². The van der Waals surface area contributed by atoms with Crippen LogP contribution in [-0.2, 0) is 11.3 Å². The molecule has 1 fully saturated rings. The first kappa shape index (κ1) is 23.0. The van der Waals surface area contributed by atoms with E-state index in [1.807, 2.05) is 61.5 Å². The molecule has 2 aromatic carbocycles. The first-order valence-corrected chi connectivity index (χ1v) is 11.4. The van der Waals surface area contributed by atoms with Crippen molar-refractivity contribution < 1.29 is 14.1 Å². The van der Waals surface area contributed by atoms with Crippen molar-refractivity contribution in [3.63, 3.8) is 0 Å². The largest absolute Gasteiger partial charge is 0.378 e. The summed E-state index contributed by atoms with van der Waals surface area (Å²) in [7, 11) is 4.03. The van der Waals surface area contributed by atoms with Crippen LogP contribution in [-0.4, -0.2) is 74.4 Å². The van der Waals surface area contributed by atoms with Gasteiger partial charge in [0.2, 0.25) is 5.88 Å². The highest BCUT2D eigenvalue weighted by Gasteiger charge is 2.27. The molecule has 1 saturated heterocycles. The Morgan fingerprint density at radius 1 is 1.03 bits per heavy atom. The summed E-state index contributed by atoms with van der Waals surface area (Å²) in [4.78, 5) is 19.6. The number of rotatable bonds is 8. The summed E-state index contributed by atoms with van der Waals surface area (Å²) in [5.74, 6) is 0.729. The third kappa shape index (κ3) is 5.61. The van der Waals surface area contributed by atoms with E-state index in [9.17, 15) is 4.79 Å². The van der Waals surface area contributed by atoms with Gasteiger partial charge in [0.1, 0.15) is 5.69 Å². The van der Waals surface area contributed by atoms with Crippen molar-refractivity contribution in [3.8, 4) is 11.3 Å². The molecule has 1 aliphatic heterocycles. The maximum atomic E-state index is 13.5. The Balaban J connectivity index is 1.72. The molecule has 1 amide bonds. The van der Waals surface area contributed by atoms with E-state index in [0.717, 1.165) is 47.9 Å². The number of carbonyl (C=O) groups excluding carboxylic acids is 1. The predicted octanol–water partition coefficient (Wildman–Crippen LogP) is 3.69. The number of carbonyl (C=O) groups is 1. The zero-order valence-corrected chi connectivity index (χ0v) is 19.7. The van der Waals surface area contributed by atoms with Gasteiger partial charge in [-0.3, -0.25) is 4.79 Å². The molecule has 0 saturated carbocycles. The third-order valence-corrected chi connectivity index (χ3v) is 5.83. The molecule has 1 aromatic heterocycles. The van der Waals surface area contributed by atoms with Gasteiger partial charge >= 0.3 is 0 Å². The Bertz CT molecular complexity index is 1060. The number of ether oxygens (including phenoxy) is 1. The summed E-state index contributed by atoms with van der Waals surface area (Å²) in [5.41, 5.74) is 4.55. The number of amides is 1. The maximum absolute atomic E-state index is 13.5. The highest BCUT2D eigenvalue weighted by atomic mass is 16.5. The zero-order chi connectivity index (χ0) is 23.2. The van der Waals surface area contributed by atoms with Crippen molar-refractivity contribution in [3.05, 3.63) is 71.3 Å². The van der Waals surface area contributed by atoms with Gasteiger partial charge in [-0.05, 0) is 39.2 Å². The number of aryl methyl sites for hydroxylation is 1. The number of aromatic nitrogens is 1. The fraction of sp³-hybridized carbons (Fsp3) is 0.385. The molecule has 7 nitrogen and oxygen atoms in total. The van der Waals surface area contributed by atoms with Crippen LogP contribution in [0.4, 0.5) is 5.88 Å². The average molecular weight is 449 g/mol. The number of likely N-dealkylation sites (N-methyl/N-ethyl adjacent to an activating group) is 1. The number of morpholine rings is 1. The van der Waals surface area contributed by atoms with Gasteiger partial charge in [0.15, 0.2) is 0 Å². The summed E-state index contributed by atoms with van der Waals surface area (Å²) in [6.07, 6.45) is 0. The normalized spacial score (nSPS) is 14.0. The standard InChI is InChI=1S/C26H32N4O3/c1-20-8-7-11-22(18-20)24-23(26(33-27-24)29-14-16-32-17-15-29)19-30(13-12-28(2)3)25(31)21-9-5-4-6-10-21/h4-11,18H,12-17,19H2,1-3H3. The van der Waals surface area contributed by atoms with E-state index in [1.165, 1.54) is 0 Å². The molecule has 4 rings (SSSR count). The monoisotopic (exact) mass is 448 g/mol. The second-order valence-corrected chi connectivity index (χ2v) is 8.68. The quantitative estimate of drug-likeness (QED) is 0.524. The Hall–Kier alpha value is -3.16. The summed E-state index contributed by atoms with van der Waals surface area (Å²) in [6, 6.07) is 17.7. The van der Waals surface area contributed by atoms with Crippen molar-refractivity contribution >= 4 is 11.8 Å². The smallest absolute Gasteiger partial charge is 0.254 e. The molecule has 0 spiro atoms. The van der Waals surface area contributed by atoms with Crippen molar-refractivity contribution in [2.24, 2.45) is 0 Å². The number of nitrogens with zero attached hydrogens (tertiary/aromatic N) is 4. The second-order valence-electron chi connectivity index (χ2n) is 8.68. The fourth-order valence-corrected chi connectivity index (χ4v) is 4.00. The fourth-order valence-electron chi connectivity index (χ4n) is 4.00. The molecule has 0 aliphatic carbocycles. The van der Waals surface area contributed by atoms with Crippen LogP contribution in [0.1, 0.15) is 21.5 Å². The van der Waals surface area contributed by atoms with Crippen LogP contribution in [0, 0.1) is 6.92 Å². The molecular formula is C26H32N4O3. The highest BCUT2D eigenvalue weighted by molar-refractivity contribution is 5.94. The topological polar surface area (TPSA) is 62.1 Å². The molecular weight excluding hydrogens is 416 g/mol. The highest BCUT2D eigenvalue weighted by Crippen LogP contribution is 2.33. The van der Waals surface area contributed by atoms with Gasteiger partial charge in [-0.2, -0.15) is 0 Å². The minimum Gasteiger partial charge on any atom is -0.378 e. The molecule has 33 heavy (non-hydrogen) atoms. The third-order valence-electron chi connectivity index (χ3n) is 5.83. The van der Waals surface area contributed by atoms with Gasteiger partial charge in [0, 0.05) is 37.3 Å². The number of benzene rings is 2. The summed E-state index contributed by atoms with van der Waals surface area (Å²) < 4.78 is 11.5. The van der Waals surface area contributed by atoms with Gasteiger partial charge in [0.05, 0.1) is 25.3 Å². The second kappa shape index (κ2) is 10.6. The van der Waals surface area contributed by atoms with Crippen molar-refractivity contribution in [1.29, 1.82) is 0 Å². The lowest BCUT2D eigenvalue weighted by Crippen LogP contribution is -2.38. The number of hydrogen-bond acceptors (Lipinski definition) is 6. The minimum absolute atomic E-state index is 0.00164. The number of hydrogen-bond donors (Lipinski definition) is 0. The molecule has 3 aromatic rings. The van der Waals surface area contributed by atoms with E-state index < -0.39 is 0 Å². The van der Waals surface area contributed by atoms with Crippen molar-refractivity contribution in [1.82, 2.24) is 15.0 Å². The molecule has 0 N–H and O–H groups in total. The van der Waals surface area contributed by atoms with Gasteiger partial charge in [0.25, 0.3) is 5.91 Å². The minimum atomic E-state index is 0.00164. The molecule has 2 heterocycles. The first-order valence-electron chi connectivity index (χ1n) is 11.4. The van der Waals surface area contributed by atoms with Gasteiger partial charge in [-0.25, -0.2) is 0 Å². The molecule has 0 unspecified atom stereocenters. The molecule has 174 valence electrons. The average Bonchev–Trinajstić information content (AvgIpc) is 3.26. The molecule has 1 aliphatic rings. The van der Waals surface area contributed by atoms with Crippen LogP contribution >= 0.6 is 0 Å². The van der Waals surface area contributed by atoms with E-state index >= 15 is 0 Å². The maximum Gasteiger partial charge on any atom is 0.254 e. The molecule has 0 atom stereocenters. The Labute approximate surface area is 195 Å². The first-order chi connectivity index (χ1) is 16.0. The van der Waals surface area contributed by atoms with Crippen LogP contribution in [0.25, 0.3) is 11.3 Å². The van der Waals surface area contributed by atoms with Gasteiger partial charge < -0.3 is 24.0 Å². The summed E-state index contributed by atoms with van der Waals surface area (Å²) in [5, 5.41) is 4.48. The zero-order valence-electron chi connectivity index (χ0n) is 19.7. The molecule has 7 heteroatoms. The van der Waals surface area contributed by atoms with Crippen LogP contribution < -0.4 is 4.90 Å². The molecule has 0 bridgehead atoms. The Morgan fingerprint density at radius 3 is 2.48 bits per heavy atom. The van der Waals surface area contributed by atoms with Crippen LogP contribution in [0.15, 0.2) is 59.1 Å². The Morgan fingerprint density at radius 2 is 1.79 bits per heavy atom. The van der Waals surface area contributed by atoms with E-state index in [2.05, 4.69) is 34.0 Å². The van der Waals surface area contributed by atoms with Gasteiger partial charge in [-0.15, -0.1) is 0 Å². The lowest BCUT2D eigenvalue weighted by atomic mass is 10.0. The van der Waals surface area contributed by atoms with Crippen molar-refractivity contribution in [2.75, 3.05) is 58.4 Å². The SMILES string of the molecule is Cc1cccc(-c2noc(N3CCOCC3)c2CN(CCN(C)C)C(=O)c2ccccc2)c1. The van der Waals surface area contributed by atoms with E-state index in [1.54, 1.807) is 0 Å². The summed E-state index contributed by atoms with van der Waals surface area (Å²) in [6.45, 7) is 6.60. The van der Waals surface area contributed by atoms with E-state index in [-0.39, 0.29) is 5.91 Å². The molecule has 0 radical (unpaired) electrons. The van der Waals surface area contributed by atoms with Crippen molar-refractivity contribution in [2.45, 2.75) is 13.5 Å². The number of anilines is 1. The lowest BCUT2D eigenvalue weighted by molar-refractivity contribution is 0.0731. The van der Waals surface area contributed by atoms with E-state index in [4.69, 9.17) is 9.26 Å². The van der Waals surface area contributed by atoms with E-state index in [0.29, 0.717) is 31.9 Å². The summed E-state index contributed by atoms with van der Waals surface area (Å²) >= 11 is 0. The van der Waals surface area contributed by atoms with Gasteiger partial charge in [-0.1, -0.05) is 47.1 Å². The Kier molecular flexibility index (Phi) is 7.42.